The third-order valence-corrected chi connectivity index (χ3v) is 2.45. The number of methoxy groups -OCH3 is 1. The van der Waals surface area contributed by atoms with Gasteiger partial charge in [-0.1, -0.05) is 17.7 Å². The molecule has 0 spiro atoms. The number of esters is 1. The lowest BCUT2D eigenvalue weighted by molar-refractivity contribution is 0.0600. The van der Waals surface area contributed by atoms with Gasteiger partial charge in [0.15, 0.2) is 0 Å². The minimum atomic E-state index is -0.504. The summed E-state index contributed by atoms with van der Waals surface area (Å²) >= 11 is 5.89. The molecular weight excluding hydrogens is 204 g/mol. The maximum Gasteiger partial charge on any atom is 0.339 e. The highest BCUT2D eigenvalue weighted by Crippen LogP contribution is 2.23. The first-order valence-corrected chi connectivity index (χ1v) is 4.32. The van der Waals surface area contributed by atoms with Crippen LogP contribution in [0.15, 0.2) is 12.1 Å². The van der Waals surface area contributed by atoms with E-state index >= 15 is 0 Å². The van der Waals surface area contributed by atoms with Crippen molar-refractivity contribution in [2.24, 2.45) is 0 Å². The molecule has 0 bridgehead atoms. The minimum Gasteiger partial charge on any atom is -0.465 e. The van der Waals surface area contributed by atoms with E-state index in [1.54, 1.807) is 13.0 Å². The van der Waals surface area contributed by atoms with Crippen molar-refractivity contribution in [1.82, 2.24) is 0 Å². The van der Waals surface area contributed by atoms with Gasteiger partial charge in [0.05, 0.1) is 17.7 Å². The number of hydrogen-bond donors (Lipinski definition) is 0. The molecule has 0 fully saturated rings. The average Bonchev–Trinajstić information content (AvgIpc) is 2.21. The first-order chi connectivity index (χ1) is 6.61. The van der Waals surface area contributed by atoms with E-state index in [-0.39, 0.29) is 10.6 Å². The number of rotatable bonds is 2. The van der Waals surface area contributed by atoms with Crippen molar-refractivity contribution in [2.75, 3.05) is 7.11 Å². The molecule has 0 radical (unpaired) electrons. The Morgan fingerprint density at radius 3 is 2.64 bits per heavy atom. The number of ether oxygens (including phenoxy) is 1. The van der Waals surface area contributed by atoms with Crippen LogP contribution in [0, 0.1) is 6.92 Å². The Labute approximate surface area is 86.6 Å². The largest absolute Gasteiger partial charge is 0.465 e. The molecule has 4 heteroatoms. The Hall–Kier alpha value is -1.35. The van der Waals surface area contributed by atoms with E-state index in [1.165, 1.54) is 13.2 Å². The van der Waals surface area contributed by atoms with Crippen LogP contribution >= 0.6 is 11.6 Å². The molecule has 0 aliphatic heterocycles. The van der Waals surface area contributed by atoms with Crippen molar-refractivity contribution in [3.63, 3.8) is 0 Å². The van der Waals surface area contributed by atoms with E-state index in [2.05, 4.69) is 4.74 Å². The smallest absolute Gasteiger partial charge is 0.339 e. The topological polar surface area (TPSA) is 43.4 Å². The van der Waals surface area contributed by atoms with Gasteiger partial charge >= 0.3 is 5.97 Å². The number of halogens is 1. The van der Waals surface area contributed by atoms with Crippen molar-refractivity contribution in [3.8, 4) is 0 Å². The van der Waals surface area contributed by atoms with E-state index < -0.39 is 5.97 Å². The molecule has 0 aromatic heterocycles. The molecule has 3 nitrogen and oxygen atoms in total. The van der Waals surface area contributed by atoms with Gasteiger partial charge in [0, 0.05) is 5.56 Å². The lowest BCUT2D eigenvalue weighted by Crippen LogP contribution is -2.04. The fraction of sp³-hybridized carbons (Fsp3) is 0.200. The van der Waals surface area contributed by atoms with Crippen LogP contribution in [0.5, 0.6) is 0 Å². The molecule has 0 unspecified atom stereocenters. The predicted octanol–water partition coefficient (Wildman–Crippen LogP) is 2.25. The highest BCUT2D eigenvalue weighted by molar-refractivity contribution is 6.34. The molecule has 0 aliphatic rings. The van der Waals surface area contributed by atoms with Gasteiger partial charge in [0.25, 0.3) is 0 Å². The lowest BCUT2D eigenvalue weighted by Gasteiger charge is -2.06. The van der Waals surface area contributed by atoms with Crippen molar-refractivity contribution in [3.05, 3.63) is 33.8 Å². The Balaban J connectivity index is 3.30. The molecule has 74 valence electrons. The van der Waals surface area contributed by atoms with Crippen LogP contribution in [-0.2, 0) is 4.74 Å². The van der Waals surface area contributed by atoms with Gasteiger partial charge in [-0.3, -0.25) is 4.79 Å². The summed E-state index contributed by atoms with van der Waals surface area (Å²) in [5, 5.41) is 0.265. The van der Waals surface area contributed by atoms with E-state index in [0.29, 0.717) is 17.4 Å². The molecule has 14 heavy (non-hydrogen) atoms. The number of hydrogen-bond acceptors (Lipinski definition) is 3. The van der Waals surface area contributed by atoms with Gasteiger partial charge in [-0.15, -0.1) is 0 Å². The second-order valence-corrected chi connectivity index (χ2v) is 3.13. The number of carbonyl (C=O) groups is 2. The van der Waals surface area contributed by atoms with Gasteiger partial charge in [-0.25, -0.2) is 4.79 Å². The van der Waals surface area contributed by atoms with Gasteiger partial charge in [0.1, 0.15) is 6.29 Å². The van der Waals surface area contributed by atoms with Crippen LogP contribution in [0.25, 0.3) is 0 Å². The van der Waals surface area contributed by atoms with Gasteiger partial charge in [-0.05, 0) is 18.6 Å². The van der Waals surface area contributed by atoms with Crippen LogP contribution in [0.1, 0.15) is 26.3 Å². The maximum absolute atomic E-state index is 11.2. The van der Waals surface area contributed by atoms with Crippen LogP contribution in [0.2, 0.25) is 5.02 Å². The summed E-state index contributed by atoms with van der Waals surface area (Å²) in [5.41, 5.74) is 1.34. The van der Waals surface area contributed by atoms with Crippen LogP contribution in [0.4, 0.5) is 0 Å². The molecule has 0 saturated heterocycles. The highest BCUT2D eigenvalue weighted by atomic mass is 35.5. The van der Waals surface area contributed by atoms with Gasteiger partial charge < -0.3 is 4.74 Å². The predicted molar refractivity (Wildman–Crippen MR) is 52.9 cm³/mol. The summed E-state index contributed by atoms with van der Waals surface area (Å²) in [6.07, 6.45) is 0.697. The Bertz CT molecular complexity index is 385. The molecule has 0 atom stereocenters. The van der Waals surface area contributed by atoms with Crippen LogP contribution < -0.4 is 0 Å². The first-order valence-electron chi connectivity index (χ1n) is 3.94. The number of benzene rings is 1. The molecule has 0 aliphatic carbocycles. The second-order valence-electron chi connectivity index (χ2n) is 2.75. The van der Waals surface area contributed by atoms with E-state index in [9.17, 15) is 9.59 Å². The summed E-state index contributed by atoms with van der Waals surface area (Å²) in [7, 11) is 1.28. The van der Waals surface area contributed by atoms with Crippen molar-refractivity contribution >= 4 is 23.9 Å². The second kappa shape index (κ2) is 4.24. The minimum absolute atomic E-state index is 0.265. The molecule has 1 aromatic carbocycles. The summed E-state index contributed by atoms with van der Waals surface area (Å²) in [6, 6.07) is 3.02. The molecule has 0 saturated carbocycles. The van der Waals surface area contributed by atoms with Crippen molar-refractivity contribution in [1.29, 1.82) is 0 Å². The van der Waals surface area contributed by atoms with E-state index in [4.69, 9.17) is 11.6 Å². The monoisotopic (exact) mass is 212 g/mol. The molecule has 1 aromatic rings. The summed E-state index contributed by atoms with van der Waals surface area (Å²) in [5.74, 6) is -0.504. The third-order valence-electron chi connectivity index (χ3n) is 1.96. The number of aldehydes is 1. The van der Waals surface area contributed by atoms with Crippen molar-refractivity contribution < 1.29 is 14.3 Å². The van der Waals surface area contributed by atoms with Crippen molar-refractivity contribution in [2.45, 2.75) is 6.92 Å². The SMILES string of the molecule is COC(=O)c1ccc(C=O)c(C)c1Cl. The quantitative estimate of drug-likeness (QED) is 0.558. The molecule has 0 N–H and O–H groups in total. The first kappa shape index (κ1) is 10.7. The standard InChI is InChI=1S/C10H9ClO3/c1-6-7(5-12)3-4-8(9(6)11)10(13)14-2/h3-5H,1-2H3. The lowest BCUT2D eigenvalue weighted by atomic mass is 10.1. The summed E-state index contributed by atoms with van der Waals surface area (Å²) < 4.78 is 4.53. The van der Waals surface area contributed by atoms with Crippen LogP contribution in [0.3, 0.4) is 0 Å². The zero-order chi connectivity index (χ0) is 10.7. The highest BCUT2D eigenvalue weighted by Gasteiger charge is 2.14. The third kappa shape index (κ3) is 1.77. The summed E-state index contributed by atoms with van der Waals surface area (Å²) in [6.45, 7) is 1.68. The zero-order valence-corrected chi connectivity index (χ0v) is 8.59. The molecule has 1 rings (SSSR count). The molecule has 0 heterocycles. The number of carbonyl (C=O) groups excluding carboxylic acids is 2. The fourth-order valence-electron chi connectivity index (χ4n) is 1.10. The Morgan fingerprint density at radius 1 is 1.50 bits per heavy atom. The molecular formula is C10H9ClO3. The molecule has 0 amide bonds. The van der Waals surface area contributed by atoms with Gasteiger partial charge in [0.2, 0.25) is 0 Å². The zero-order valence-electron chi connectivity index (χ0n) is 7.83. The maximum atomic E-state index is 11.2. The normalized spacial score (nSPS) is 9.64. The summed E-state index contributed by atoms with van der Waals surface area (Å²) in [4.78, 5) is 21.7. The Morgan fingerprint density at radius 2 is 2.14 bits per heavy atom. The van der Waals surface area contributed by atoms with E-state index in [0.717, 1.165) is 0 Å². The van der Waals surface area contributed by atoms with E-state index in [1.807, 2.05) is 0 Å². The van der Waals surface area contributed by atoms with Gasteiger partial charge in [-0.2, -0.15) is 0 Å². The fourth-order valence-corrected chi connectivity index (χ4v) is 1.34. The average molecular weight is 213 g/mol. The van der Waals surface area contributed by atoms with Crippen LogP contribution in [-0.4, -0.2) is 19.4 Å². The Kier molecular flexibility index (Phi) is 3.25.